The molecule has 0 aromatic rings. The van der Waals surface area contributed by atoms with Crippen LogP contribution < -0.4 is 0 Å². The average molecular weight is 170 g/mol. The average Bonchev–Trinajstić information content (AvgIpc) is 2.16. The van der Waals surface area contributed by atoms with Gasteiger partial charge < -0.3 is 4.74 Å². The Balaban J connectivity index is 2.68. The normalized spacial score (nSPS) is 22.1. The fourth-order valence-corrected chi connectivity index (χ4v) is 1.06. The molecular weight excluding hydrogens is 160 g/mol. The molecule has 0 saturated heterocycles. The van der Waals surface area contributed by atoms with E-state index in [2.05, 4.69) is 9.84 Å². The number of hydrazone groups is 1. The zero-order chi connectivity index (χ0) is 8.97. The summed E-state index contributed by atoms with van der Waals surface area (Å²) in [6.45, 7) is 0. The van der Waals surface area contributed by atoms with Crippen LogP contribution in [0.15, 0.2) is 5.10 Å². The van der Waals surface area contributed by atoms with Crippen LogP contribution in [0.2, 0.25) is 0 Å². The van der Waals surface area contributed by atoms with Crippen LogP contribution in [-0.2, 0) is 14.3 Å². The number of ether oxygens (including phenoxy) is 1. The first-order chi connectivity index (χ1) is 5.79. The lowest BCUT2D eigenvalue weighted by Gasteiger charge is -2.23. The Hall–Kier alpha value is -1.39. The highest BCUT2D eigenvalue weighted by Gasteiger charge is 2.26. The number of carbonyl (C=O) groups excluding carboxylic acids is 2. The van der Waals surface area contributed by atoms with E-state index in [0.29, 0.717) is 19.3 Å². The number of nitrogens with zero attached hydrogens (tertiary/aromatic N) is 2. The minimum absolute atomic E-state index is 0.418. The molecule has 1 unspecified atom stereocenters. The summed E-state index contributed by atoms with van der Waals surface area (Å²) in [5, 5.41) is 4.82. The van der Waals surface area contributed by atoms with Crippen molar-refractivity contribution in [2.24, 2.45) is 5.10 Å². The van der Waals surface area contributed by atoms with E-state index in [1.165, 1.54) is 7.11 Å². The molecule has 1 heterocycles. The van der Waals surface area contributed by atoms with Crippen LogP contribution in [0, 0.1) is 0 Å². The van der Waals surface area contributed by atoms with Gasteiger partial charge in [0.25, 0.3) is 0 Å². The number of esters is 1. The SMILES string of the molecule is COC(=O)C1CCC=NN1C=O. The van der Waals surface area contributed by atoms with Crippen molar-refractivity contribution in [2.45, 2.75) is 18.9 Å². The van der Waals surface area contributed by atoms with Crippen LogP contribution in [0.5, 0.6) is 0 Å². The van der Waals surface area contributed by atoms with Crippen LogP contribution in [0.4, 0.5) is 0 Å². The van der Waals surface area contributed by atoms with Crippen LogP contribution in [-0.4, -0.2) is 36.8 Å². The summed E-state index contributed by atoms with van der Waals surface area (Å²) in [5.41, 5.74) is 0. The van der Waals surface area contributed by atoms with Gasteiger partial charge in [0.05, 0.1) is 7.11 Å². The molecule has 12 heavy (non-hydrogen) atoms. The topological polar surface area (TPSA) is 59.0 Å². The van der Waals surface area contributed by atoms with Crippen molar-refractivity contribution in [3.8, 4) is 0 Å². The predicted molar refractivity (Wildman–Crippen MR) is 41.4 cm³/mol. The molecule has 0 aromatic carbocycles. The van der Waals surface area contributed by atoms with Crippen molar-refractivity contribution in [1.82, 2.24) is 5.01 Å². The molecule has 0 saturated carbocycles. The van der Waals surface area contributed by atoms with E-state index < -0.39 is 12.0 Å². The van der Waals surface area contributed by atoms with Gasteiger partial charge in [-0.3, -0.25) is 4.79 Å². The Morgan fingerprint density at radius 3 is 3.17 bits per heavy atom. The molecule has 1 rings (SSSR count). The molecular formula is C7H10N2O3. The summed E-state index contributed by atoms with van der Waals surface area (Å²) in [4.78, 5) is 21.4. The van der Waals surface area contributed by atoms with Crippen molar-refractivity contribution in [2.75, 3.05) is 7.11 Å². The van der Waals surface area contributed by atoms with Gasteiger partial charge in [-0.15, -0.1) is 0 Å². The lowest BCUT2D eigenvalue weighted by molar-refractivity contribution is -0.150. The molecule has 0 bridgehead atoms. The molecule has 1 atom stereocenters. The molecule has 1 aliphatic rings. The second-order valence-electron chi connectivity index (χ2n) is 2.40. The number of hydrogen-bond donors (Lipinski definition) is 0. The van der Waals surface area contributed by atoms with Crippen LogP contribution in [0.1, 0.15) is 12.8 Å². The Morgan fingerprint density at radius 2 is 2.58 bits per heavy atom. The molecule has 0 aromatic heterocycles. The van der Waals surface area contributed by atoms with Gasteiger partial charge in [-0.2, -0.15) is 5.10 Å². The first-order valence-electron chi connectivity index (χ1n) is 3.63. The fraction of sp³-hybridized carbons (Fsp3) is 0.571. The van der Waals surface area contributed by atoms with Crippen LogP contribution in [0.3, 0.4) is 0 Å². The zero-order valence-corrected chi connectivity index (χ0v) is 6.77. The van der Waals surface area contributed by atoms with Gasteiger partial charge in [0.2, 0.25) is 6.41 Å². The van der Waals surface area contributed by atoms with Gasteiger partial charge >= 0.3 is 5.97 Å². The van der Waals surface area contributed by atoms with E-state index in [4.69, 9.17) is 0 Å². The van der Waals surface area contributed by atoms with Gasteiger partial charge in [-0.05, 0) is 12.8 Å². The van der Waals surface area contributed by atoms with E-state index in [1.807, 2.05) is 0 Å². The largest absolute Gasteiger partial charge is 0.467 e. The second-order valence-corrected chi connectivity index (χ2v) is 2.40. The minimum atomic E-state index is -0.544. The van der Waals surface area contributed by atoms with E-state index in [-0.39, 0.29) is 0 Å². The van der Waals surface area contributed by atoms with Gasteiger partial charge in [-0.25, -0.2) is 9.80 Å². The highest BCUT2D eigenvalue weighted by atomic mass is 16.5. The van der Waals surface area contributed by atoms with Crippen LogP contribution >= 0.6 is 0 Å². The first-order valence-corrected chi connectivity index (χ1v) is 3.63. The minimum Gasteiger partial charge on any atom is -0.467 e. The quantitative estimate of drug-likeness (QED) is 0.424. The van der Waals surface area contributed by atoms with Crippen molar-refractivity contribution in [3.63, 3.8) is 0 Å². The van der Waals surface area contributed by atoms with Crippen molar-refractivity contribution < 1.29 is 14.3 Å². The summed E-state index contributed by atoms with van der Waals surface area (Å²) in [6.07, 6.45) is 3.41. The second kappa shape index (κ2) is 3.85. The predicted octanol–water partition coefficient (Wildman–Crippen LogP) is -0.234. The maximum atomic E-state index is 11.0. The third-order valence-corrected chi connectivity index (χ3v) is 1.68. The molecule has 0 aliphatic carbocycles. The first kappa shape index (κ1) is 8.70. The molecule has 0 N–H and O–H groups in total. The maximum Gasteiger partial charge on any atom is 0.330 e. The van der Waals surface area contributed by atoms with Gasteiger partial charge in [0.15, 0.2) is 6.04 Å². The molecule has 5 nitrogen and oxygen atoms in total. The lowest BCUT2D eigenvalue weighted by Crippen LogP contribution is -2.39. The number of amides is 1. The highest BCUT2D eigenvalue weighted by molar-refractivity contribution is 5.79. The van der Waals surface area contributed by atoms with E-state index >= 15 is 0 Å². The molecule has 0 spiro atoms. The van der Waals surface area contributed by atoms with Gasteiger partial charge in [0, 0.05) is 6.21 Å². The molecule has 0 radical (unpaired) electrons. The Kier molecular flexibility index (Phi) is 2.79. The zero-order valence-electron chi connectivity index (χ0n) is 6.77. The van der Waals surface area contributed by atoms with E-state index in [0.717, 1.165) is 5.01 Å². The van der Waals surface area contributed by atoms with Crippen LogP contribution in [0.25, 0.3) is 0 Å². The van der Waals surface area contributed by atoms with E-state index in [9.17, 15) is 9.59 Å². The summed E-state index contributed by atoms with van der Waals surface area (Å²) < 4.78 is 4.51. The summed E-state index contributed by atoms with van der Waals surface area (Å²) >= 11 is 0. The lowest BCUT2D eigenvalue weighted by atomic mass is 10.1. The van der Waals surface area contributed by atoms with Crippen molar-refractivity contribution in [3.05, 3.63) is 0 Å². The van der Waals surface area contributed by atoms with Crippen molar-refractivity contribution >= 4 is 18.6 Å². The summed E-state index contributed by atoms with van der Waals surface area (Å²) in [6, 6.07) is -0.544. The summed E-state index contributed by atoms with van der Waals surface area (Å²) in [7, 11) is 1.30. The monoisotopic (exact) mass is 170 g/mol. The Morgan fingerprint density at radius 1 is 1.83 bits per heavy atom. The van der Waals surface area contributed by atoms with Crippen molar-refractivity contribution in [1.29, 1.82) is 0 Å². The van der Waals surface area contributed by atoms with E-state index in [1.54, 1.807) is 6.21 Å². The fourth-order valence-electron chi connectivity index (χ4n) is 1.06. The number of rotatable bonds is 2. The number of hydrogen-bond acceptors (Lipinski definition) is 4. The molecule has 1 amide bonds. The van der Waals surface area contributed by atoms with Gasteiger partial charge in [-0.1, -0.05) is 0 Å². The smallest absolute Gasteiger partial charge is 0.330 e. The summed E-state index contributed by atoms with van der Waals surface area (Å²) in [5.74, 6) is -0.418. The third-order valence-electron chi connectivity index (χ3n) is 1.68. The van der Waals surface area contributed by atoms with Gasteiger partial charge in [0.1, 0.15) is 0 Å². The highest BCUT2D eigenvalue weighted by Crippen LogP contribution is 2.11. The number of methoxy groups -OCH3 is 1. The molecule has 66 valence electrons. The number of carbonyl (C=O) groups is 2. The molecule has 1 aliphatic heterocycles. The maximum absolute atomic E-state index is 11.0. The third kappa shape index (κ3) is 1.61. The Bertz CT molecular complexity index is 215. The molecule has 5 heteroatoms. The molecule has 0 fully saturated rings. The standard InChI is InChI=1S/C7H10N2O3/c1-12-7(11)6-3-2-4-8-9(6)5-10/h4-6H,2-3H2,1H3. The Labute approximate surface area is 70.0 Å².